The van der Waals surface area contributed by atoms with Crippen molar-refractivity contribution in [1.82, 2.24) is 0 Å². The van der Waals surface area contributed by atoms with Gasteiger partial charge in [0.1, 0.15) is 4.49 Å². The van der Waals surface area contributed by atoms with Crippen LogP contribution in [0.2, 0.25) is 0 Å². The molecule has 2 heteroatoms. The summed E-state index contributed by atoms with van der Waals surface area (Å²) in [6.45, 7) is 0. The lowest BCUT2D eigenvalue weighted by Gasteiger charge is -1.98. The Bertz CT molecular complexity index is 482. The van der Waals surface area contributed by atoms with E-state index in [9.17, 15) is 0 Å². The monoisotopic (exact) mass is 222 g/mol. The number of halogens is 2. The molecule has 0 unspecified atom stereocenters. The minimum atomic E-state index is 0.278. The minimum absolute atomic E-state index is 0.278. The van der Waals surface area contributed by atoms with Crippen molar-refractivity contribution in [2.45, 2.75) is 0 Å². The van der Waals surface area contributed by atoms with Crippen molar-refractivity contribution in [2.24, 2.45) is 0 Å². The van der Waals surface area contributed by atoms with Crippen molar-refractivity contribution in [3.05, 3.63) is 52.5 Å². The summed E-state index contributed by atoms with van der Waals surface area (Å²) in [5, 5.41) is 2.41. The molecule has 0 aliphatic rings. The molecule has 0 aliphatic heterocycles. The van der Waals surface area contributed by atoms with Crippen LogP contribution < -0.4 is 0 Å². The molecule has 0 saturated carbocycles. The zero-order chi connectivity index (χ0) is 9.97. The van der Waals surface area contributed by atoms with Gasteiger partial charge in [0.25, 0.3) is 0 Å². The lowest BCUT2D eigenvalue weighted by molar-refractivity contribution is 1.71. The van der Waals surface area contributed by atoms with Crippen molar-refractivity contribution in [1.29, 1.82) is 0 Å². The van der Waals surface area contributed by atoms with Crippen LogP contribution in [0.1, 0.15) is 5.56 Å². The molecule has 2 rings (SSSR count). The largest absolute Gasteiger partial charge is 0.107 e. The third kappa shape index (κ3) is 2.09. The van der Waals surface area contributed by atoms with Crippen molar-refractivity contribution in [3.8, 4) is 0 Å². The normalized spacial score (nSPS) is 10.1. The average Bonchev–Trinajstić information content (AvgIpc) is 2.17. The zero-order valence-corrected chi connectivity index (χ0v) is 8.89. The Labute approximate surface area is 92.8 Å². The Morgan fingerprint density at radius 2 is 1.64 bits per heavy atom. The number of fused-ring (bicyclic) bond motifs is 1. The van der Waals surface area contributed by atoms with E-state index in [1.165, 1.54) is 10.8 Å². The first kappa shape index (κ1) is 9.57. The molecule has 0 nitrogen and oxygen atoms in total. The fourth-order valence-corrected chi connectivity index (χ4v) is 1.68. The number of rotatable bonds is 1. The van der Waals surface area contributed by atoms with Crippen LogP contribution in [0.25, 0.3) is 16.8 Å². The van der Waals surface area contributed by atoms with Crippen LogP contribution in [0.15, 0.2) is 47.0 Å². The fraction of sp³-hybridized carbons (Fsp3) is 0. The smallest absolute Gasteiger partial charge is 0.0709 e. The molecule has 14 heavy (non-hydrogen) atoms. The van der Waals surface area contributed by atoms with Gasteiger partial charge in [-0.15, -0.1) is 0 Å². The number of benzene rings is 2. The first-order valence-electron chi connectivity index (χ1n) is 4.27. The summed E-state index contributed by atoms with van der Waals surface area (Å²) in [5.74, 6) is 0. The molecule has 0 fully saturated rings. The molecule has 0 saturated heterocycles. The SMILES string of the molecule is ClC(Cl)=Cc1ccc2ccccc2c1. The van der Waals surface area contributed by atoms with Gasteiger partial charge < -0.3 is 0 Å². The van der Waals surface area contributed by atoms with Gasteiger partial charge in [0.2, 0.25) is 0 Å². The van der Waals surface area contributed by atoms with Crippen LogP contribution in [0.5, 0.6) is 0 Å². The van der Waals surface area contributed by atoms with Gasteiger partial charge in [0.15, 0.2) is 0 Å². The summed E-state index contributed by atoms with van der Waals surface area (Å²) >= 11 is 11.2. The van der Waals surface area contributed by atoms with E-state index in [1.807, 2.05) is 18.2 Å². The summed E-state index contributed by atoms with van der Waals surface area (Å²) in [6.07, 6.45) is 1.73. The van der Waals surface area contributed by atoms with Gasteiger partial charge in [0, 0.05) is 0 Å². The van der Waals surface area contributed by atoms with E-state index in [0.29, 0.717) is 0 Å². The first-order chi connectivity index (χ1) is 6.75. The third-order valence-electron chi connectivity index (χ3n) is 2.05. The van der Waals surface area contributed by atoms with E-state index in [4.69, 9.17) is 23.2 Å². The second-order valence-corrected chi connectivity index (χ2v) is 4.05. The summed E-state index contributed by atoms with van der Waals surface area (Å²) in [6, 6.07) is 14.3. The van der Waals surface area contributed by atoms with Crippen LogP contribution in [-0.4, -0.2) is 0 Å². The summed E-state index contributed by atoms with van der Waals surface area (Å²) in [4.78, 5) is 0. The van der Waals surface area contributed by atoms with Gasteiger partial charge in [-0.1, -0.05) is 59.6 Å². The Balaban J connectivity index is 2.57. The van der Waals surface area contributed by atoms with Gasteiger partial charge >= 0.3 is 0 Å². The molecule has 0 atom stereocenters. The first-order valence-corrected chi connectivity index (χ1v) is 5.03. The van der Waals surface area contributed by atoms with Gasteiger partial charge in [-0.3, -0.25) is 0 Å². The van der Waals surface area contributed by atoms with E-state index in [0.717, 1.165) is 5.56 Å². The summed E-state index contributed by atoms with van der Waals surface area (Å²) < 4.78 is 0.278. The highest BCUT2D eigenvalue weighted by Crippen LogP contribution is 2.19. The van der Waals surface area contributed by atoms with E-state index >= 15 is 0 Å². The van der Waals surface area contributed by atoms with Crippen LogP contribution in [0, 0.1) is 0 Å². The van der Waals surface area contributed by atoms with Crippen molar-refractivity contribution in [3.63, 3.8) is 0 Å². The maximum absolute atomic E-state index is 5.59. The number of hydrogen-bond donors (Lipinski definition) is 0. The quantitative estimate of drug-likeness (QED) is 0.661. The minimum Gasteiger partial charge on any atom is -0.0709 e. The molecular weight excluding hydrogens is 215 g/mol. The number of hydrogen-bond acceptors (Lipinski definition) is 0. The van der Waals surface area contributed by atoms with Crippen molar-refractivity contribution in [2.75, 3.05) is 0 Å². The van der Waals surface area contributed by atoms with Crippen molar-refractivity contribution >= 4 is 40.1 Å². The summed E-state index contributed by atoms with van der Waals surface area (Å²) in [5.41, 5.74) is 1.02. The van der Waals surface area contributed by atoms with E-state index in [-0.39, 0.29) is 4.49 Å². The maximum Gasteiger partial charge on any atom is 0.107 e. The molecule has 70 valence electrons. The molecule has 2 aromatic rings. The van der Waals surface area contributed by atoms with Crippen LogP contribution >= 0.6 is 23.2 Å². The topological polar surface area (TPSA) is 0 Å². The van der Waals surface area contributed by atoms with Crippen LogP contribution in [0.4, 0.5) is 0 Å². The highest BCUT2D eigenvalue weighted by Gasteiger charge is 1.93. The zero-order valence-electron chi connectivity index (χ0n) is 7.37. The molecule has 0 aromatic heterocycles. The predicted octanol–water partition coefficient (Wildman–Crippen LogP) is 4.62. The average molecular weight is 223 g/mol. The second kappa shape index (κ2) is 4.04. The van der Waals surface area contributed by atoms with Gasteiger partial charge in [-0.25, -0.2) is 0 Å². The van der Waals surface area contributed by atoms with Gasteiger partial charge in [-0.05, 0) is 28.5 Å². The van der Waals surface area contributed by atoms with Gasteiger partial charge in [0.05, 0.1) is 0 Å². The highest BCUT2D eigenvalue weighted by molar-refractivity contribution is 6.57. The lowest BCUT2D eigenvalue weighted by atomic mass is 10.1. The molecule has 0 aliphatic carbocycles. The maximum atomic E-state index is 5.59. The molecular formula is C12H8Cl2. The standard InChI is InChI=1S/C12H8Cl2/c13-12(14)8-9-5-6-10-3-1-2-4-11(10)7-9/h1-8H. The van der Waals surface area contributed by atoms with Crippen LogP contribution in [-0.2, 0) is 0 Å². The molecule has 2 aromatic carbocycles. The molecule has 0 heterocycles. The molecule has 0 radical (unpaired) electrons. The second-order valence-electron chi connectivity index (χ2n) is 3.04. The van der Waals surface area contributed by atoms with E-state index < -0.39 is 0 Å². The Morgan fingerprint density at radius 3 is 2.36 bits per heavy atom. The van der Waals surface area contributed by atoms with Gasteiger partial charge in [-0.2, -0.15) is 0 Å². The highest BCUT2D eigenvalue weighted by atomic mass is 35.5. The molecule has 0 spiro atoms. The third-order valence-corrected chi connectivity index (χ3v) is 2.27. The summed E-state index contributed by atoms with van der Waals surface area (Å²) in [7, 11) is 0. The van der Waals surface area contributed by atoms with E-state index in [2.05, 4.69) is 24.3 Å². The lowest BCUT2D eigenvalue weighted by Crippen LogP contribution is -1.74. The Hall–Kier alpha value is -0.980. The fourth-order valence-electron chi connectivity index (χ4n) is 1.42. The Kier molecular flexibility index (Phi) is 2.76. The predicted molar refractivity (Wildman–Crippen MR) is 63.6 cm³/mol. The Morgan fingerprint density at radius 1 is 0.929 bits per heavy atom. The molecule has 0 amide bonds. The van der Waals surface area contributed by atoms with E-state index in [1.54, 1.807) is 6.08 Å². The molecule has 0 N–H and O–H groups in total. The van der Waals surface area contributed by atoms with Crippen molar-refractivity contribution < 1.29 is 0 Å². The molecule has 0 bridgehead atoms. The van der Waals surface area contributed by atoms with Crippen LogP contribution in [0.3, 0.4) is 0 Å².